The summed E-state index contributed by atoms with van der Waals surface area (Å²) in [4.78, 5) is 17.2. The molecule has 1 saturated carbocycles. The first-order chi connectivity index (χ1) is 14.2. The maximum Gasteiger partial charge on any atom is 0.254 e. The van der Waals surface area contributed by atoms with Crippen LogP contribution >= 0.6 is 0 Å². The van der Waals surface area contributed by atoms with E-state index in [-0.39, 0.29) is 11.9 Å². The Bertz CT molecular complexity index is 1040. The Kier molecular flexibility index (Phi) is 4.63. The minimum Gasteiger partial charge on any atom is -0.383 e. The van der Waals surface area contributed by atoms with Crippen molar-refractivity contribution >= 4 is 5.91 Å². The van der Waals surface area contributed by atoms with Crippen LogP contribution in [0.3, 0.4) is 0 Å². The van der Waals surface area contributed by atoms with Gasteiger partial charge in [0.05, 0.1) is 31.0 Å². The molecule has 2 heterocycles. The van der Waals surface area contributed by atoms with Gasteiger partial charge in [0.2, 0.25) is 11.7 Å². The summed E-state index contributed by atoms with van der Waals surface area (Å²) in [6.07, 6.45) is 7.41. The van der Waals surface area contributed by atoms with E-state index in [1.807, 2.05) is 6.07 Å². The maximum atomic E-state index is 12.6. The number of methoxy groups -OCH3 is 1. The van der Waals surface area contributed by atoms with Gasteiger partial charge in [-0.05, 0) is 42.9 Å². The van der Waals surface area contributed by atoms with Gasteiger partial charge in [-0.15, -0.1) is 0 Å². The third-order valence-corrected chi connectivity index (χ3v) is 5.57. The number of nitrogens with zero attached hydrogens (tertiary/aromatic N) is 4. The molecule has 0 aliphatic heterocycles. The highest BCUT2D eigenvalue weighted by Gasteiger charge is 2.30. The topological polar surface area (TPSA) is 95.1 Å². The van der Waals surface area contributed by atoms with E-state index in [1.165, 1.54) is 5.56 Å². The predicted octanol–water partition coefficient (Wildman–Crippen LogP) is 2.87. The van der Waals surface area contributed by atoms with Crippen LogP contribution in [0, 0.1) is 0 Å². The second kappa shape index (κ2) is 7.44. The summed E-state index contributed by atoms with van der Waals surface area (Å²) in [6, 6.07) is 6.19. The summed E-state index contributed by atoms with van der Waals surface area (Å²) >= 11 is 0. The molecule has 1 atom stereocenters. The highest BCUT2D eigenvalue weighted by molar-refractivity contribution is 5.94. The first-order valence-corrected chi connectivity index (χ1v) is 10.0. The minimum atomic E-state index is -0.108. The molecule has 1 amide bonds. The average molecular weight is 393 g/mol. The number of nitrogens with one attached hydrogen (secondary N) is 1. The van der Waals surface area contributed by atoms with Crippen LogP contribution in [0.4, 0.5) is 0 Å². The number of aromatic nitrogens is 4. The fourth-order valence-corrected chi connectivity index (χ4v) is 3.78. The fraction of sp³-hybridized carbons (Fsp3) is 0.429. The number of fused-ring (bicyclic) bond motifs is 1. The van der Waals surface area contributed by atoms with E-state index in [9.17, 15) is 4.79 Å². The number of ether oxygens (including phenoxy) is 1. The molecule has 0 unspecified atom stereocenters. The lowest BCUT2D eigenvalue weighted by atomic mass is 10.0. The van der Waals surface area contributed by atoms with Crippen molar-refractivity contribution in [2.24, 2.45) is 0 Å². The first kappa shape index (κ1) is 18.1. The van der Waals surface area contributed by atoms with Crippen molar-refractivity contribution in [3.63, 3.8) is 0 Å². The van der Waals surface area contributed by atoms with Crippen molar-refractivity contribution in [2.45, 2.75) is 44.2 Å². The van der Waals surface area contributed by atoms with Crippen molar-refractivity contribution in [2.75, 3.05) is 13.7 Å². The van der Waals surface area contributed by atoms with Gasteiger partial charge in [0.15, 0.2) is 0 Å². The van der Waals surface area contributed by atoms with Crippen LogP contribution in [0.1, 0.15) is 58.6 Å². The maximum absolute atomic E-state index is 12.6. The van der Waals surface area contributed by atoms with Crippen LogP contribution in [0.15, 0.2) is 35.1 Å². The number of hydrogen-bond donors (Lipinski definition) is 1. The van der Waals surface area contributed by atoms with Gasteiger partial charge in [0.25, 0.3) is 5.91 Å². The number of aryl methyl sites for hydroxylation is 1. The van der Waals surface area contributed by atoms with Crippen LogP contribution < -0.4 is 5.32 Å². The quantitative estimate of drug-likeness (QED) is 0.663. The molecule has 8 heteroatoms. The second-order valence-corrected chi connectivity index (χ2v) is 7.69. The summed E-state index contributed by atoms with van der Waals surface area (Å²) in [5.41, 5.74) is 3.90. The summed E-state index contributed by atoms with van der Waals surface area (Å²) in [6.45, 7) is 1.18. The van der Waals surface area contributed by atoms with Crippen molar-refractivity contribution < 1.29 is 14.1 Å². The van der Waals surface area contributed by atoms with Gasteiger partial charge < -0.3 is 14.6 Å². The van der Waals surface area contributed by atoms with Gasteiger partial charge >= 0.3 is 0 Å². The smallest absolute Gasteiger partial charge is 0.254 e. The molecule has 2 aliphatic rings. The molecule has 0 bridgehead atoms. The molecule has 0 saturated heterocycles. The van der Waals surface area contributed by atoms with E-state index in [0.29, 0.717) is 30.5 Å². The number of rotatable bonds is 7. The van der Waals surface area contributed by atoms with Crippen LogP contribution in [0.2, 0.25) is 0 Å². The van der Waals surface area contributed by atoms with Crippen LogP contribution in [-0.4, -0.2) is 39.5 Å². The van der Waals surface area contributed by atoms with Gasteiger partial charge in [0.1, 0.15) is 0 Å². The van der Waals surface area contributed by atoms with Gasteiger partial charge in [-0.25, -0.2) is 0 Å². The normalized spacial score (nSPS) is 18.0. The molecule has 3 aromatic rings. The molecule has 1 N–H and O–H groups in total. The third kappa shape index (κ3) is 3.67. The number of carbonyl (C=O) groups is 1. The first-order valence-electron chi connectivity index (χ1n) is 10.0. The molecule has 2 aromatic heterocycles. The van der Waals surface area contributed by atoms with Crippen LogP contribution in [0.25, 0.3) is 11.4 Å². The van der Waals surface area contributed by atoms with E-state index in [4.69, 9.17) is 9.26 Å². The van der Waals surface area contributed by atoms with Crippen molar-refractivity contribution in [3.05, 3.63) is 53.2 Å². The van der Waals surface area contributed by atoms with E-state index in [1.54, 1.807) is 24.2 Å². The Balaban J connectivity index is 1.28. The fourth-order valence-electron chi connectivity index (χ4n) is 3.78. The monoisotopic (exact) mass is 393 g/mol. The number of carbonyl (C=O) groups excluding carboxylic acids is 1. The summed E-state index contributed by atoms with van der Waals surface area (Å²) in [5.74, 6) is 1.73. The number of benzene rings is 1. The van der Waals surface area contributed by atoms with Gasteiger partial charge in [-0.2, -0.15) is 10.1 Å². The van der Waals surface area contributed by atoms with Gasteiger partial charge in [-0.1, -0.05) is 17.3 Å². The standard InChI is InChI=1S/C21H23N5O3/c1-28-9-8-26-12-16(11-22-26)20(27)23-18-7-5-14-10-15(4-6-17(14)18)19-24-21(29-25-19)13-2-3-13/h4,6,10-13,18H,2-3,5,7-9H2,1H3,(H,23,27)/t18-/m1/s1. The summed E-state index contributed by atoms with van der Waals surface area (Å²) in [7, 11) is 1.64. The van der Waals surface area contributed by atoms with Crippen LogP contribution in [-0.2, 0) is 17.7 Å². The van der Waals surface area contributed by atoms with Crippen molar-refractivity contribution in [1.82, 2.24) is 25.2 Å². The Morgan fingerprint density at radius 3 is 3.07 bits per heavy atom. The number of amides is 1. The van der Waals surface area contributed by atoms with Gasteiger partial charge in [-0.3, -0.25) is 9.48 Å². The SMILES string of the molecule is COCCn1cc(C(=O)N[C@@H]2CCc3cc(-c4noc(C5CC5)n4)ccc32)cn1. The Hall–Kier alpha value is -3.00. The molecule has 1 aromatic carbocycles. The largest absolute Gasteiger partial charge is 0.383 e. The highest BCUT2D eigenvalue weighted by atomic mass is 16.5. The summed E-state index contributed by atoms with van der Waals surface area (Å²) in [5, 5.41) is 11.5. The Morgan fingerprint density at radius 2 is 2.24 bits per heavy atom. The molecule has 5 rings (SSSR count). The molecule has 0 spiro atoms. The highest BCUT2D eigenvalue weighted by Crippen LogP contribution is 2.40. The number of hydrogen-bond acceptors (Lipinski definition) is 6. The predicted molar refractivity (Wildman–Crippen MR) is 104 cm³/mol. The van der Waals surface area contributed by atoms with Gasteiger partial charge in [0, 0.05) is 24.8 Å². The molecule has 29 heavy (non-hydrogen) atoms. The lowest BCUT2D eigenvalue weighted by molar-refractivity contribution is 0.0936. The molecule has 1 fully saturated rings. The summed E-state index contributed by atoms with van der Waals surface area (Å²) < 4.78 is 12.1. The zero-order valence-electron chi connectivity index (χ0n) is 16.3. The third-order valence-electron chi connectivity index (χ3n) is 5.57. The second-order valence-electron chi connectivity index (χ2n) is 7.69. The van der Waals surface area contributed by atoms with E-state index in [0.717, 1.165) is 42.7 Å². The lowest BCUT2D eigenvalue weighted by Gasteiger charge is -2.13. The Labute approximate surface area is 168 Å². The molecule has 8 nitrogen and oxygen atoms in total. The molecular formula is C21H23N5O3. The minimum absolute atomic E-state index is 0.00108. The van der Waals surface area contributed by atoms with E-state index >= 15 is 0 Å². The lowest BCUT2D eigenvalue weighted by Crippen LogP contribution is -2.26. The molecule has 150 valence electrons. The van der Waals surface area contributed by atoms with Crippen LogP contribution in [0.5, 0.6) is 0 Å². The molecule has 2 aliphatic carbocycles. The Morgan fingerprint density at radius 1 is 1.34 bits per heavy atom. The average Bonchev–Trinajstić information content (AvgIpc) is 3.15. The van der Waals surface area contributed by atoms with Crippen molar-refractivity contribution in [3.8, 4) is 11.4 Å². The van der Waals surface area contributed by atoms with Crippen molar-refractivity contribution in [1.29, 1.82) is 0 Å². The molecule has 0 radical (unpaired) electrons. The zero-order chi connectivity index (χ0) is 19.8. The molecular weight excluding hydrogens is 370 g/mol. The van der Waals surface area contributed by atoms with E-state index in [2.05, 4.69) is 32.7 Å². The van der Waals surface area contributed by atoms with E-state index < -0.39 is 0 Å². The zero-order valence-corrected chi connectivity index (χ0v) is 16.3.